The molecule has 0 aliphatic heterocycles. The van der Waals surface area contributed by atoms with Crippen molar-refractivity contribution in [3.63, 3.8) is 0 Å². The predicted octanol–water partition coefficient (Wildman–Crippen LogP) is 4.68. The maximum absolute atomic E-state index is 15.4. The fraction of sp³-hybridized carbons (Fsp3) is 0.727. The Hall–Kier alpha value is -0.780. The van der Waals surface area contributed by atoms with Crippen LogP contribution in [-0.4, -0.2) is 38.7 Å². The molecule has 4 aliphatic rings. The minimum Gasteiger partial charge on any atom is -0.381 e. The van der Waals surface area contributed by atoms with E-state index in [0.717, 1.165) is 6.08 Å². The zero-order chi connectivity index (χ0) is 21.7. The summed E-state index contributed by atoms with van der Waals surface area (Å²) in [5.74, 6) is -3.35. The van der Waals surface area contributed by atoms with E-state index in [1.165, 1.54) is 13.0 Å². The van der Waals surface area contributed by atoms with Crippen molar-refractivity contribution >= 4 is 34.8 Å². The Morgan fingerprint density at radius 3 is 2.48 bits per heavy atom. The molecule has 0 radical (unpaired) electrons. The van der Waals surface area contributed by atoms with Crippen molar-refractivity contribution < 1.29 is 23.5 Å². The number of carbonyl (C=O) groups is 2. The minimum atomic E-state index is -1.68. The Morgan fingerprint density at radius 2 is 1.90 bits per heavy atom. The van der Waals surface area contributed by atoms with Crippen molar-refractivity contribution in [2.24, 2.45) is 28.6 Å². The van der Waals surface area contributed by atoms with Crippen molar-refractivity contribution in [3.8, 4) is 0 Å². The van der Waals surface area contributed by atoms with Gasteiger partial charge in [-0.2, -0.15) is 0 Å². The Labute approximate surface area is 179 Å². The molecule has 0 bridgehead atoms. The second-order valence-corrected chi connectivity index (χ2v) is 11.0. The van der Waals surface area contributed by atoms with Crippen LogP contribution in [0.15, 0.2) is 23.6 Å². The SMILES string of the molecule is CC(=O)[C@@]1(O)[C@H](C)C[C@H]2[C@@H]3C[C@H](F)C4=C(F)C(=O)C=C[C@]4(C)[C@@]3(Cl)[C@@H](Cl)C[C@@]21C. The molecule has 0 spiro atoms. The molecule has 9 atom stereocenters. The molecule has 29 heavy (non-hydrogen) atoms. The van der Waals surface area contributed by atoms with Gasteiger partial charge in [-0.1, -0.05) is 26.8 Å². The van der Waals surface area contributed by atoms with Gasteiger partial charge in [-0.25, -0.2) is 8.78 Å². The van der Waals surface area contributed by atoms with Crippen molar-refractivity contribution in [2.45, 2.75) is 69.0 Å². The number of hydrogen-bond acceptors (Lipinski definition) is 3. The standard InChI is InChI=1S/C22H26Cl2F2O3/c1-10-7-12-13-8-14(25)17-18(26)15(28)5-6-19(17,3)21(13,24)16(23)9-20(12,4)22(10,29)11(2)27/h5-6,10,12-14,16,29H,7-9H2,1-4H3/t10-,12+,13+,14+,16+,19+,20+,21+,22+/m1/s1. The summed E-state index contributed by atoms with van der Waals surface area (Å²) in [4.78, 5) is 23.2. The average molecular weight is 447 g/mol. The zero-order valence-corrected chi connectivity index (χ0v) is 18.5. The van der Waals surface area contributed by atoms with Crippen LogP contribution in [0, 0.1) is 28.6 Å². The number of hydrogen-bond donors (Lipinski definition) is 1. The van der Waals surface area contributed by atoms with Gasteiger partial charge in [0.05, 0.1) is 10.3 Å². The summed E-state index contributed by atoms with van der Waals surface area (Å²) in [5.41, 5.74) is -3.94. The maximum Gasteiger partial charge on any atom is 0.213 e. The summed E-state index contributed by atoms with van der Waals surface area (Å²) in [7, 11) is 0. The van der Waals surface area contributed by atoms with E-state index in [1.54, 1.807) is 6.92 Å². The van der Waals surface area contributed by atoms with E-state index >= 15 is 4.39 Å². The van der Waals surface area contributed by atoms with Gasteiger partial charge in [-0.3, -0.25) is 9.59 Å². The van der Waals surface area contributed by atoms with Gasteiger partial charge in [0.2, 0.25) is 5.78 Å². The number of aliphatic hydroxyl groups is 1. The summed E-state index contributed by atoms with van der Waals surface area (Å²) < 4.78 is 30.1. The quantitative estimate of drug-likeness (QED) is 0.594. The first-order valence-electron chi connectivity index (χ1n) is 10.1. The maximum atomic E-state index is 15.4. The highest BCUT2D eigenvalue weighted by Gasteiger charge is 2.75. The van der Waals surface area contributed by atoms with Gasteiger partial charge in [0.15, 0.2) is 11.6 Å². The highest BCUT2D eigenvalue weighted by Crippen LogP contribution is 2.72. The van der Waals surface area contributed by atoms with Crippen molar-refractivity contribution in [1.29, 1.82) is 0 Å². The van der Waals surface area contributed by atoms with E-state index in [4.69, 9.17) is 23.2 Å². The number of allylic oxidation sites excluding steroid dienone is 4. The lowest BCUT2D eigenvalue weighted by Crippen LogP contribution is -2.68. The van der Waals surface area contributed by atoms with Crippen molar-refractivity contribution in [1.82, 2.24) is 0 Å². The van der Waals surface area contributed by atoms with Crippen LogP contribution in [0.2, 0.25) is 0 Å². The molecular formula is C22H26Cl2F2O3. The Kier molecular flexibility index (Phi) is 4.54. The van der Waals surface area contributed by atoms with E-state index in [-0.39, 0.29) is 36.0 Å². The third kappa shape index (κ3) is 2.22. The molecule has 3 saturated carbocycles. The van der Waals surface area contributed by atoms with Gasteiger partial charge >= 0.3 is 0 Å². The van der Waals surface area contributed by atoms with E-state index < -0.39 is 50.4 Å². The molecule has 3 nitrogen and oxygen atoms in total. The lowest BCUT2D eigenvalue weighted by molar-refractivity contribution is -0.163. The van der Waals surface area contributed by atoms with Crippen LogP contribution in [0.5, 0.6) is 0 Å². The third-order valence-corrected chi connectivity index (χ3v) is 10.3. The smallest absolute Gasteiger partial charge is 0.213 e. The molecule has 3 fully saturated rings. The highest BCUT2D eigenvalue weighted by atomic mass is 35.5. The van der Waals surface area contributed by atoms with Crippen LogP contribution in [-0.2, 0) is 9.59 Å². The molecule has 0 aromatic carbocycles. The first kappa shape index (κ1) is 21.5. The zero-order valence-electron chi connectivity index (χ0n) is 16.9. The first-order valence-corrected chi connectivity index (χ1v) is 10.9. The number of rotatable bonds is 1. The van der Waals surface area contributed by atoms with Crippen molar-refractivity contribution in [3.05, 3.63) is 23.6 Å². The second-order valence-electron chi connectivity index (χ2n) is 9.86. The van der Waals surface area contributed by atoms with Gasteiger partial charge in [0.25, 0.3) is 0 Å². The molecule has 0 amide bonds. The number of halogens is 4. The number of alkyl halides is 3. The lowest BCUT2D eigenvalue weighted by atomic mass is 9.46. The Morgan fingerprint density at radius 1 is 1.28 bits per heavy atom. The summed E-state index contributed by atoms with van der Waals surface area (Å²) in [6, 6.07) is 0. The summed E-state index contributed by atoms with van der Waals surface area (Å²) in [6.45, 7) is 6.69. The number of carbonyl (C=O) groups excluding carboxylic acids is 2. The van der Waals surface area contributed by atoms with Gasteiger partial charge in [0.1, 0.15) is 11.8 Å². The fourth-order valence-electron chi connectivity index (χ4n) is 7.32. The molecule has 1 N–H and O–H groups in total. The van der Waals surface area contributed by atoms with E-state index in [2.05, 4.69) is 0 Å². The Bertz CT molecular complexity index is 872. The number of ketones is 2. The van der Waals surface area contributed by atoms with Crippen LogP contribution < -0.4 is 0 Å². The van der Waals surface area contributed by atoms with Gasteiger partial charge in [0, 0.05) is 16.4 Å². The summed E-state index contributed by atoms with van der Waals surface area (Å²) in [6.07, 6.45) is 1.57. The molecule has 160 valence electrons. The molecule has 7 heteroatoms. The van der Waals surface area contributed by atoms with E-state index in [1.807, 2.05) is 13.8 Å². The molecular weight excluding hydrogens is 421 g/mol. The fourth-order valence-corrected chi connectivity index (χ4v) is 8.51. The molecule has 0 saturated heterocycles. The minimum absolute atomic E-state index is 0.0901. The molecule has 0 aromatic heterocycles. The number of fused-ring (bicyclic) bond motifs is 5. The second kappa shape index (κ2) is 6.14. The lowest BCUT2D eigenvalue weighted by Gasteiger charge is -2.64. The normalized spacial score (nSPS) is 54.1. The van der Waals surface area contributed by atoms with E-state index in [0.29, 0.717) is 6.42 Å². The molecule has 0 unspecified atom stereocenters. The van der Waals surface area contributed by atoms with Gasteiger partial charge < -0.3 is 5.11 Å². The van der Waals surface area contributed by atoms with Gasteiger partial charge in [-0.15, -0.1) is 23.2 Å². The van der Waals surface area contributed by atoms with Crippen LogP contribution in [0.25, 0.3) is 0 Å². The Balaban J connectivity index is 1.91. The van der Waals surface area contributed by atoms with Crippen LogP contribution in [0.4, 0.5) is 8.78 Å². The molecule has 4 aliphatic carbocycles. The van der Waals surface area contributed by atoms with E-state index in [9.17, 15) is 19.1 Å². The third-order valence-electron chi connectivity index (χ3n) is 8.78. The molecule has 4 rings (SSSR count). The van der Waals surface area contributed by atoms with Crippen LogP contribution in [0.3, 0.4) is 0 Å². The average Bonchev–Trinajstić information content (AvgIpc) is 2.83. The molecule has 0 aromatic rings. The monoisotopic (exact) mass is 446 g/mol. The summed E-state index contributed by atoms with van der Waals surface area (Å²) in [5, 5.41) is 10.7. The topological polar surface area (TPSA) is 54.4 Å². The van der Waals surface area contributed by atoms with Crippen molar-refractivity contribution in [2.75, 3.05) is 0 Å². The molecule has 0 heterocycles. The van der Waals surface area contributed by atoms with Crippen LogP contribution >= 0.6 is 23.2 Å². The number of Topliss-reactive ketones (excluding diaryl/α,β-unsaturated/α-hetero) is 1. The first-order chi connectivity index (χ1) is 13.3. The van der Waals surface area contributed by atoms with Gasteiger partial charge in [-0.05, 0) is 50.0 Å². The van der Waals surface area contributed by atoms with Crippen LogP contribution in [0.1, 0.15) is 47.0 Å². The largest absolute Gasteiger partial charge is 0.381 e. The predicted molar refractivity (Wildman–Crippen MR) is 107 cm³/mol. The highest BCUT2D eigenvalue weighted by molar-refractivity contribution is 6.34. The summed E-state index contributed by atoms with van der Waals surface area (Å²) >= 11 is 14.1.